The molecule has 0 amide bonds. The molecule has 0 fully saturated rings. The molecule has 0 heterocycles. The molecule has 0 bridgehead atoms. The Morgan fingerprint density at radius 2 is 0.586 bits per heavy atom. The van der Waals surface area contributed by atoms with Crippen molar-refractivity contribution in [2.24, 2.45) is 0 Å². The van der Waals surface area contributed by atoms with Gasteiger partial charge in [-0.25, -0.2) is 0 Å². The smallest absolute Gasteiger partial charge is 0.0781 e. The van der Waals surface area contributed by atoms with E-state index in [2.05, 4.69) is 252 Å². The molecular weight excluding hydrogens is 701 g/mol. The van der Waals surface area contributed by atoms with Crippen molar-refractivity contribution in [3.63, 3.8) is 0 Å². The van der Waals surface area contributed by atoms with Crippen molar-refractivity contribution in [2.75, 3.05) is 9.80 Å². The highest BCUT2D eigenvalue weighted by Crippen LogP contribution is 2.53. The van der Waals surface area contributed by atoms with E-state index in [1.54, 1.807) is 0 Å². The van der Waals surface area contributed by atoms with Gasteiger partial charge in [0.1, 0.15) is 0 Å². The Labute approximate surface area is 340 Å². The third-order valence-electron chi connectivity index (χ3n) is 11.0. The number of fused-ring (bicyclic) bond motifs is 2. The number of hydrogen-bond acceptors (Lipinski definition) is 2. The standard InChI is InChI=1S/C56H40N2/c1-4-21-41(22-5-1)46-31-14-15-34-49(46)50-35-16-17-36-51(50)52-37-20-40-55(57(44-27-6-2-7-28-44)53-38-18-25-42-23-10-12-32-47(42)53)56(52)58(45-29-8-3-9-30-45)54-39-19-26-43-24-11-13-33-48(43)54/h1-40H. The van der Waals surface area contributed by atoms with E-state index in [0.717, 1.165) is 45.3 Å². The minimum absolute atomic E-state index is 1.06. The van der Waals surface area contributed by atoms with E-state index in [9.17, 15) is 0 Å². The minimum Gasteiger partial charge on any atom is -0.308 e. The summed E-state index contributed by atoms with van der Waals surface area (Å²) in [6.07, 6.45) is 0. The summed E-state index contributed by atoms with van der Waals surface area (Å²) in [6.45, 7) is 0. The van der Waals surface area contributed by atoms with E-state index in [4.69, 9.17) is 0 Å². The zero-order chi connectivity index (χ0) is 38.7. The van der Waals surface area contributed by atoms with Crippen LogP contribution in [0, 0.1) is 0 Å². The van der Waals surface area contributed by atoms with Crippen molar-refractivity contribution in [3.8, 4) is 33.4 Å². The lowest BCUT2D eigenvalue weighted by Crippen LogP contribution is -2.18. The van der Waals surface area contributed by atoms with E-state index in [1.165, 1.54) is 43.8 Å². The quantitative estimate of drug-likeness (QED) is 0.145. The van der Waals surface area contributed by atoms with Crippen LogP contribution in [0.3, 0.4) is 0 Å². The van der Waals surface area contributed by atoms with Crippen molar-refractivity contribution < 1.29 is 0 Å². The molecule has 0 aliphatic heterocycles. The van der Waals surface area contributed by atoms with E-state index in [1.807, 2.05) is 0 Å². The summed E-state index contributed by atoms with van der Waals surface area (Å²) < 4.78 is 0. The molecule has 10 rings (SSSR count). The second-order valence-corrected chi connectivity index (χ2v) is 14.5. The maximum atomic E-state index is 2.48. The SMILES string of the molecule is c1ccc(-c2ccccc2-c2ccccc2-c2cccc(N(c3ccccc3)c3cccc4ccccc34)c2N(c2ccccc2)c2cccc3ccccc23)cc1. The summed E-state index contributed by atoms with van der Waals surface area (Å²) in [7, 11) is 0. The molecule has 0 radical (unpaired) electrons. The van der Waals surface area contributed by atoms with E-state index < -0.39 is 0 Å². The number of rotatable bonds is 9. The Hall–Kier alpha value is -7.68. The minimum atomic E-state index is 1.06. The van der Waals surface area contributed by atoms with Crippen molar-refractivity contribution in [2.45, 2.75) is 0 Å². The van der Waals surface area contributed by atoms with Gasteiger partial charge in [0.25, 0.3) is 0 Å². The third-order valence-corrected chi connectivity index (χ3v) is 11.0. The molecule has 0 N–H and O–H groups in total. The molecule has 0 unspecified atom stereocenters. The molecule has 0 saturated carbocycles. The van der Waals surface area contributed by atoms with Crippen LogP contribution in [0.15, 0.2) is 243 Å². The second kappa shape index (κ2) is 15.5. The molecule has 10 aromatic rings. The zero-order valence-corrected chi connectivity index (χ0v) is 32.0. The second-order valence-electron chi connectivity index (χ2n) is 14.5. The van der Waals surface area contributed by atoms with Gasteiger partial charge in [0.2, 0.25) is 0 Å². The first kappa shape index (κ1) is 34.8. The molecule has 0 aliphatic carbocycles. The van der Waals surface area contributed by atoms with Gasteiger partial charge in [-0.2, -0.15) is 0 Å². The molecular formula is C56H40N2. The van der Waals surface area contributed by atoms with Crippen LogP contribution in [0.5, 0.6) is 0 Å². The van der Waals surface area contributed by atoms with Crippen LogP contribution < -0.4 is 9.80 Å². The predicted octanol–water partition coefficient (Wildman–Crippen LogP) is 15.9. The Balaban J connectivity index is 1.34. The molecule has 0 saturated heterocycles. The number of benzene rings is 10. The van der Waals surface area contributed by atoms with Crippen molar-refractivity contribution in [1.29, 1.82) is 0 Å². The van der Waals surface area contributed by atoms with Crippen LogP contribution in [-0.2, 0) is 0 Å². The van der Waals surface area contributed by atoms with Gasteiger partial charge in [-0.3, -0.25) is 0 Å². The van der Waals surface area contributed by atoms with Crippen molar-refractivity contribution >= 4 is 55.7 Å². The first-order chi connectivity index (χ1) is 28.8. The summed E-state index contributed by atoms with van der Waals surface area (Å²) in [5.74, 6) is 0. The zero-order valence-electron chi connectivity index (χ0n) is 32.0. The fraction of sp³-hybridized carbons (Fsp3) is 0. The highest BCUT2D eigenvalue weighted by molar-refractivity contribution is 6.09. The predicted molar refractivity (Wildman–Crippen MR) is 247 cm³/mol. The van der Waals surface area contributed by atoms with E-state index >= 15 is 0 Å². The molecule has 0 atom stereocenters. The molecule has 10 aromatic carbocycles. The average molecular weight is 741 g/mol. The molecule has 274 valence electrons. The van der Waals surface area contributed by atoms with Crippen LogP contribution in [0.2, 0.25) is 0 Å². The third kappa shape index (κ3) is 6.37. The Kier molecular flexibility index (Phi) is 9.27. The molecule has 2 heteroatoms. The number of hydrogen-bond donors (Lipinski definition) is 0. The summed E-state index contributed by atoms with van der Waals surface area (Å²) >= 11 is 0. The topological polar surface area (TPSA) is 6.48 Å². The van der Waals surface area contributed by atoms with Crippen LogP contribution in [0.25, 0.3) is 54.9 Å². The van der Waals surface area contributed by atoms with Gasteiger partial charge in [-0.05, 0) is 81.1 Å². The summed E-state index contributed by atoms with van der Waals surface area (Å²) in [4.78, 5) is 4.93. The molecule has 0 aliphatic rings. The van der Waals surface area contributed by atoms with Gasteiger partial charge in [0, 0.05) is 27.7 Å². The first-order valence-electron chi connectivity index (χ1n) is 19.9. The Bertz CT molecular complexity index is 3000. The fourth-order valence-corrected chi connectivity index (χ4v) is 8.46. The molecule has 0 spiro atoms. The van der Waals surface area contributed by atoms with Gasteiger partial charge in [0.05, 0.1) is 22.7 Å². The molecule has 2 nitrogen and oxygen atoms in total. The normalized spacial score (nSPS) is 11.1. The lowest BCUT2D eigenvalue weighted by Gasteiger charge is -2.36. The molecule has 0 aromatic heterocycles. The van der Waals surface area contributed by atoms with Crippen LogP contribution in [0.1, 0.15) is 0 Å². The fourth-order valence-electron chi connectivity index (χ4n) is 8.46. The lowest BCUT2D eigenvalue weighted by atomic mass is 9.88. The lowest BCUT2D eigenvalue weighted by molar-refractivity contribution is 1.24. The van der Waals surface area contributed by atoms with E-state index in [0.29, 0.717) is 0 Å². The summed E-state index contributed by atoms with van der Waals surface area (Å²) in [5, 5.41) is 4.73. The van der Waals surface area contributed by atoms with Crippen LogP contribution in [0.4, 0.5) is 34.1 Å². The number of anilines is 6. The average Bonchev–Trinajstić information content (AvgIpc) is 3.31. The van der Waals surface area contributed by atoms with Gasteiger partial charge in [-0.1, -0.05) is 200 Å². The largest absolute Gasteiger partial charge is 0.308 e. The van der Waals surface area contributed by atoms with Gasteiger partial charge in [-0.15, -0.1) is 0 Å². The highest BCUT2D eigenvalue weighted by atomic mass is 15.2. The van der Waals surface area contributed by atoms with Gasteiger partial charge >= 0.3 is 0 Å². The van der Waals surface area contributed by atoms with Gasteiger partial charge < -0.3 is 9.80 Å². The Morgan fingerprint density at radius 1 is 0.224 bits per heavy atom. The monoisotopic (exact) mass is 740 g/mol. The van der Waals surface area contributed by atoms with Crippen LogP contribution >= 0.6 is 0 Å². The van der Waals surface area contributed by atoms with Gasteiger partial charge in [0.15, 0.2) is 0 Å². The highest BCUT2D eigenvalue weighted by Gasteiger charge is 2.28. The molecule has 58 heavy (non-hydrogen) atoms. The number of para-hydroxylation sites is 3. The maximum absolute atomic E-state index is 2.48. The summed E-state index contributed by atoms with van der Waals surface area (Å²) in [5.41, 5.74) is 13.5. The maximum Gasteiger partial charge on any atom is 0.0781 e. The van der Waals surface area contributed by atoms with E-state index in [-0.39, 0.29) is 0 Å². The first-order valence-corrected chi connectivity index (χ1v) is 19.9. The summed E-state index contributed by atoms with van der Waals surface area (Å²) in [6, 6.07) is 87.5. The number of nitrogens with zero attached hydrogens (tertiary/aromatic N) is 2. The van der Waals surface area contributed by atoms with Crippen molar-refractivity contribution in [1.82, 2.24) is 0 Å². The van der Waals surface area contributed by atoms with Crippen molar-refractivity contribution in [3.05, 3.63) is 243 Å². The van der Waals surface area contributed by atoms with Crippen LogP contribution in [-0.4, -0.2) is 0 Å². The Morgan fingerprint density at radius 3 is 1.17 bits per heavy atom.